The number of nitrogens with zero attached hydrogens (tertiary/aromatic N) is 2. The normalized spacial score (nSPS) is 10.1. The van der Waals surface area contributed by atoms with Crippen molar-refractivity contribution in [3.63, 3.8) is 0 Å². The number of carbonyl (C=O) groups excluding carboxylic acids is 1. The van der Waals surface area contributed by atoms with Gasteiger partial charge in [0.1, 0.15) is 5.75 Å². The summed E-state index contributed by atoms with van der Waals surface area (Å²) >= 11 is 0. The number of ether oxygens (including phenoxy) is 1. The van der Waals surface area contributed by atoms with Crippen molar-refractivity contribution in [3.05, 3.63) is 57.9 Å². The molecule has 0 unspecified atom stereocenters. The molecule has 20 heavy (non-hydrogen) atoms. The average Bonchev–Trinajstić information content (AvgIpc) is 2.38. The van der Waals surface area contributed by atoms with E-state index in [1.165, 1.54) is 6.07 Å². The molecule has 0 atom stereocenters. The van der Waals surface area contributed by atoms with E-state index in [0.29, 0.717) is 5.69 Å². The van der Waals surface area contributed by atoms with E-state index in [-0.39, 0.29) is 11.3 Å². The predicted molar refractivity (Wildman–Crippen MR) is 68.7 cm³/mol. The van der Waals surface area contributed by atoms with Gasteiger partial charge in [-0.2, -0.15) is 0 Å². The SMILES string of the molecule is Cc1ncccc1C(=O)Oc1ccc([N+](=O)[O-])c(O)c1. The quantitative estimate of drug-likeness (QED) is 0.398. The first-order valence-electron chi connectivity index (χ1n) is 5.60. The molecule has 0 spiro atoms. The van der Waals surface area contributed by atoms with Crippen LogP contribution in [0.3, 0.4) is 0 Å². The maximum atomic E-state index is 11.9. The zero-order valence-electron chi connectivity index (χ0n) is 10.4. The molecule has 7 nitrogen and oxygen atoms in total. The van der Waals surface area contributed by atoms with Gasteiger partial charge in [0.25, 0.3) is 0 Å². The predicted octanol–water partition coefficient (Wildman–Crippen LogP) is 2.22. The third kappa shape index (κ3) is 2.72. The lowest BCUT2D eigenvalue weighted by molar-refractivity contribution is -0.385. The first kappa shape index (κ1) is 13.5. The zero-order chi connectivity index (χ0) is 14.7. The van der Waals surface area contributed by atoms with Gasteiger partial charge in [0.05, 0.1) is 16.2 Å². The number of aromatic nitrogens is 1. The summed E-state index contributed by atoms with van der Waals surface area (Å²) < 4.78 is 5.04. The Morgan fingerprint density at radius 2 is 2.15 bits per heavy atom. The minimum Gasteiger partial charge on any atom is -0.502 e. The summed E-state index contributed by atoms with van der Waals surface area (Å²) in [5, 5.41) is 20.0. The monoisotopic (exact) mass is 274 g/mol. The molecule has 0 saturated heterocycles. The van der Waals surface area contributed by atoms with Crippen LogP contribution >= 0.6 is 0 Å². The number of rotatable bonds is 3. The second-order valence-corrected chi connectivity index (χ2v) is 3.93. The van der Waals surface area contributed by atoms with Crippen molar-refractivity contribution < 1.29 is 19.6 Å². The molecule has 0 fully saturated rings. The molecule has 0 amide bonds. The summed E-state index contributed by atoms with van der Waals surface area (Å²) in [7, 11) is 0. The minimum absolute atomic E-state index is 0.0151. The van der Waals surface area contributed by atoms with Crippen molar-refractivity contribution in [2.45, 2.75) is 6.92 Å². The van der Waals surface area contributed by atoms with Crippen LogP contribution in [-0.4, -0.2) is 21.0 Å². The Balaban J connectivity index is 2.23. The van der Waals surface area contributed by atoms with Gasteiger partial charge in [-0.05, 0) is 25.1 Å². The van der Waals surface area contributed by atoms with Crippen LogP contribution < -0.4 is 4.74 Å². The number of hydrogen-bond donors (Lipinski definition) is 1. The van der Waals surface area contributed by atoms with Crippen LogP contribution in [0.2, 0.25) is 0 Å². The summed E-state index contributed by atoms with van der Waals surface area (Å²) in [4.78, 5) is 25.7. The smallest absolute Gasteiger partial charge is 0.345 e. The topological polar surface area (TPSA) is 103 Å². The molecule has 1 N–H and O–H groups in total. The standard InChI is InChI=1S/C13H10N2O5/c1-8-10(3-2-6-14-8)13(17)20-9-4-5-11(15(18)19)12(16)7-9/h2-7,16H,1H3. The van der Waals surface area contributed by atoms with E-state index in [9.17, 15) is 20.0 Å². The summed E-state index contributed by atoms with van der Waals surface area (Å²) in [5.74, 6) is -1.20. The van der Waals surface area contributed by atoms with Crippen LogP contribution in [0.1, 0.15) is 16.1 Å². The van der Waals surface area contributed by atoms with Crippen LogP contribution in [0.4, 0.5) is 5.69 Å². The van der Waals surface area contributed by atoms with E-state index in [1.54, 1.807) is 25.3 Å². The number of hydrogen-bond acceptors (Lipinski definition) is 6. The van der Waals surface area contributed by atoms with Gasteiger partial charge in [-0.15, -0.1) is 0 Å². The summed E-state index contributed by atoms with van der Waals surface area (Å²) in [6, 6.07) is 6.46. The molecule has 102 valence electrons. The Bertz CT molecular complexity index is 684. The molecule has 0 aliphatic heterocycles. The van der Waals surface area contributed by atoms with Crippen LogP contribution in [0.25, 0.3) is 0 Å². The molecule has 0 bridgehead atoms. The van der Waals surface area contributed by atoms with Gasteiger partial charge in [0, 0.05) is 18.3 Å². The Labute approximate surface area is 113 Å². The van der Waals surface area contributed by atoms with Crippen LogP contribution in [0.15, 0.2) is 36.5 Å². The third-order valence-corrected chi connectivity index (χ3v) is 2.58. The average molecular weight is 274 g/mol. The molecule has 1 heterocycles. The Morgan fingerprint density at radius 3 is 2.75 bits per heavy atom. The molecule has 0 radical (unpaired) electrons. The van der Waals surface area contributed by atoms with Gasteiger partial charge in [0.15, 0.2) is 5.75 Å². The molecular formula is C13H10N2O5. The largest absolute Gasteiger partial charge is 0.502 e. The lowest BCUT2D eigenvalue weighted by Gasteiger charge is -2.06. The van der Waals surface area contributed by atoms with Crippen molar-refractivity contribution in [2.24, 2.45) is 0 Å². The van der Waals surface area contributed by atoms with Crippen LogP contribution in [-0.2, 0) is 0 Å². The van der Waals surface area contributed by atoms with Crippen molar-refractivity contribution in [1.82, 2.24) is 4.98 Å². The highest BCUT2D eigenvalue weighted by Gasteiger charge is 2.16. The van der Waals surface area contributed by atoms with Gasteiger partial charge >= 0.3 is 11.7 Å². The number of aromatic hydroxyl groups is 1. The number of phenols is 1. The van der Waals surface area contributed by atoms with E-state index in [0.717, 1.165) is 12.1 Å². The van der Waals surface area contributed by atoms with Gasteiger partial charge < -0.3 is 9.84 Å². The Morgan fingerprint density at radius 1 is 1.40 bits per heavy atom. The summed E-state index contributed by atoms with van der Waals surface area (Å²) in [5.41, 5.74) is 0.330. The van der Waals surface area contributed by atoms with Crippen LogP contribution in [0.5, 0.6) is 11.5 Å². The highest BCUT2D eigenvalue weighted by molar-refractivity contribution is 5.92. The first-order valence-corrected chi connectivity index (χ1v) is 5.60. The van der Waals surface area contributed by atoms with Crippen molar-refractivity contribution in [1.29, 1.82) is 0 Å². The molecule has 0 aliphatic rings. The van der Waals surface area contributed by atoms with Gasteiger partial charge in [-0.3, -0.25) is 15.1 Å². The fourth-order valence-electron chi connectivity index (χ4n) is 1.58. The fraction of sp³-hybridized carbons (Fsp3) is 0.0769. The molecule has 1 aromatic heterocycles. The number of phenolic OH excluding ortho intramolecular Hbond substituents is 1. The number of nitro benzene ring substituents is 1. The van der Waals surface area contributed by atoms with Crippen LogP contribution in [0, 0.1) is 17.0 Å². The lowest BCUT2D eigenvalue weighted by atomic mass is 10.2. The van der Waals surface area contributed by atoms with E-state index >= 15 is 0 Å². The second-order valence-electron chi connectivity index (χ2n) is 3.93. The maximum absolute atomic E-state index is 11.9. The molecular weight excluding hydrogens is 264 g/mol. The van der Waals surface area contributed by atoms with Crippen molar-refractivity contribution in [3.8, 4) is 11.5 Å². The Hall–Kier alpha value is -2.96. The minimum atomic E-state index is -0.730. The molecule has 0 aliphatic carbocycles. The Kier molecular flexibility index (Phi) is 3.60. The van der Waals surface area contributed by atoms with Gasteiger partial charge in [0.2, 0.25) is 0 Å². The maximum Gasteiger partial charge on any atom is 0.345 e. The number of benzene rings is 1. The number of esters is 1. The molecule has 2 aromatic rings. The zero-order valence-corrected chi connectivity index (χ0v) is 10.4. The van der Waals surface area contributed by atoms with E-state index in [1.807, 2.05) is 0 Å². The van der Waals surface area contributed by atoms with Crippen molar-refractivity contribution in [2.75, 3.05) is 0 Å². The van der Waals surface area contributed by atoms with E-state index in [2.05, 4.69) is 4.98 Å². The highest BCUT2D eigenvalue weighted by Crippen LogP contribution is 2.30. The number of pyridine rings is 1. The first-order chi connectivity index (χ1) is 9.49. The van der Waals surface area contributed by atoms with Gasteiger partial charge in [-0.1, -0.05) is 0 Å². The van der Waals surface area contributed by atoms with E-state index in [4.69, 9.17) is 4.74 Å². The van der Waals surface area contributed by atoms with E-state index < -0.39 is 22.3 Å². The highest BCUT2D eigenvalue weighted by atomic mass is 16.6. The fourth-order valence-corrected chi connectivity index (χ4v) is 1.58. The molecule has 1 aromatic carbocycles. The lowest BCUT2D eigenvalue weighted by Crippen LogP contribution is -2.10. The van der Waals surface area contributed by atoms with Crippen molar-refractivity contribution >= 4 is 11.7 Å². The molecule has 0 saturated carbocycles. The number of aryl methyl sites for hydroxylation is 1. The number of carbonyl (C=O) groups is 1. The number of nitro groups is 1. The second kappa shape index (κ2) is 5.35. The summed E-state index contributed by atoms with van der Waals surface area (Å²) in [6.07, 6.45) is 1.55. The third-order valence-electron chi connectivity index (χ3n) is 2.58. The molecule has 2 rings (SSSR count). The molecule has 7 heteroatoms. The van der Waals surface area contributed by atoms with Gasteiger partial charge in [-0.25, -0.2) is 4.79 Å². The summed E-state index contributed by atoms with van der Waals surface area (Å²) in [6.45, 7) is 1.66.